The summed E-state index contributed by atoms with van der Waals surface area (Å²) < 4.78 is 5.28. The number of aliphatic hydroxyl groups excluding tert-OH is 1. The smallest absolute Gasteiger partial charge is 0.262 e. The Kier molecular flexibility index (Phi) is 2.87. The lowest BCUT2D eigenvalue weighted by atomic mass is 10.1. The van der Waals surface area contributed by atoms with Crippen LogP contribution in [0, 0.1) is 0 Å². The van der Waals surface area contributed by atoms with Crippen molar-refractivity contribution in [2.45, 2.75) is 12.5 Å². The summed E-state index contributed by atoms with van der Waals surface area (Å²) in [6.07, 6.45) is 0.181. The standard InChI is InChI=1S/C13H14N2O4/c16-9-3-4-15(6-9)13(18)8-1-2-10-11(5-8)19-7-12(17)14-10/h1-2,5,9,16H,3-4,6-7H2,(H,14,17). The van der Waals surface area contributed by atoms with Crippen molar-refractivity contribution < 1.29 is 19.4 Å². The van der Waals surface area contributed by atoms with Gasteiger partial charge in [0.1, 0.15) is 5.75 Å². The third-order valence-corrected chi connectivity index (χ3v) is 3.31. The first-order valence-corrected chi connectivity index (χ1v) is 6.17. The van der Waals surface area contributed by atoms with E-state index in [4.69, 9.17) is 4.74 Å². The zero-order valence-corrected chi connectivity index (χ0v) is 10.3. The van der Waals surface area contributed by atoms with Gasteiger partial charge in [-0.1, -0.05) is 0 Å². The van der Waals surface area contributed by atoms with Crippen LogP contribution in [0.1, 0.15) is 16.8 Å². The fourth-order valence-electron chi connectivity index (χ4n) is 2.32. The van der Waals surface area contributed by atoms with Crippen LogP contribution in [-0.4, -0.2) is 47.6 Å². The summed E-state index contributed by atoms with van der Waals surface area (Å²) in [6, 6.07) is 4.94. The van der Waals surface area contributed by atoms with Crippen molar-refractivity contribution in [3.05, 3.63) is 23.8 Å². The van der Waals surface area contributed by atoms with Gasteiger partial charge >= 0.3 is 0 Å². The lowest BCUT2D eigenvalue weighted by Gasteiger charge is -2.20. The maximum absolute atomic E-state index is 12.2. The average Bonchev–Trinajstić information content (AvgIpc) is 2.84. The molecule has 0 radical (unpaired) electrons. The fraction of sp³-hybridized carbons (Fsp3) is 0.385. The molecule has 3 rings (SSSR count). The molecule has 1 saturated heterocycles. The van der Waals surface area contributed by atoms with Crippen LogP contribution >= 0.6 is 0 Å². The first-order valence-electron chi connectivity index (χ1n) is 6.17. The van der Waals surface area contributed by atoms with Crippen LogP contribution in [0.2, 0.25) is 0 Å². The van der Waals surface area contributed by atoms with Gasteiger partial charge in [0.2, 0.25) is 0 Å². The minimum atomic E-state index is -0.433. The number of aliphatic hydroxyl groups is 1. The minimum Gasteiger partial charge on any atom is -0.482 e. The summed E-state index contributed by atoms with van der Waals surface area (Å²) in [4.78, 5) is 25.0. The Hall–Kier alpha value is -2.08. The Morgan fingerprint density at radius 1 is 1.47 bits per heavy atom. The molecule has 100 valence electrons. The van der Waals surface area contributed by atoms with E-state index in [0.29, 0.717) is 36.5 Å². The highest BCUT2D eigenvalue weighted by Crippen LogP contribution is 2.29. The highest BCUT2D eigenvalue weighted by atomic mass is 16.5. The van der Waals surface area contributed by atoms with E-state index in [-0.39, 0.29) is 18.4 Å². The van der Waals surface area contributed by atoms with E-state index in [1.54, 1.807) is 23.1 Å². The molecule has 0 bridgehead atoms. The van der Waals surface area contributed by atoms with Crippen molar-refractivity contribution in [3.63, 3.8) is 0 Å². The van der Waals surface area contributed by atoms with Crippen LogP contribution in [0.3, 0.4) is 0 Å². The van der Waals surface area contributed by atoms with E-state index in [9.17, 15) is 14.7 Å². The summed E-state index contributed by atoms with van der Waals surface area (Å²) in [5.74, 6) is 0.180. The molecular formula is C13H14N2O4. The molecule has 2 N–H and O–H groups in total. The summed E-state index contributed by atoms with van der Waals surface area (Å²) in [6.45, 7) is 0.898. The van der Waals surface area contributed by atoms with E-state index in [0.717, 1.165) is 0 Å². The number of likely N-dealkylation sites (tertiary alicyclic amines) is 1. The van der Waals surface area contributed by atoms with Gasteiger partial charge in [-0.05, 0) is 24.6 Å². The first kappa shape index (κ1) is 12.0. The highest BCUT2D eigenvalue weighted by molar-refractivity contribution is 5.99. The van der Waals surface area contributed by atoms with Crippen LogP contribution in [0.15, 0.2) is 18.2 Å². The third-order valence-electron chi connectivity index (χ3n) is 3.31. The van der Waals surface area contributed by atoms with E-state index in [2.05, 4.69) is 5.32 Å². The minimum absolute atomic E-state index is 0.0347. The van der Waals surface area contributed by atoms with Crippen molar-refractivity contribution in [1.82, 2.24) is 4.90 Å². The number of carbonyl (C=O) groups is 2. The molecule has 2 amide bonds. The molecule has 1 aromatic rings. The molecular weight excluding hydrogens is 248 g/mol. The second-order valence-electron chi connectivity index (χ2n) is 4.74. The molecule has 2 aliphatic heterocycles. The van der Waals surface area contributed by atoms with Crippen LogP contribution < -0.4 is 10.1 Å². The number of nitrogens with one attached hydrogen (secondary N) is 1. The summed E-state index contributed by atoms with van der Waals surface area (Å²) in [5.41, 5.74) is 1.08. The molecule has 1 aromatic carbocycles. The van der Waals surface area contributed by atoms with Gasteiger partial charge in [0.25, 0.3) is 11.8 Å². The van der Waals surface area contributed by atoms with E-state index >= 15 is 0 Å². The van der Waals surface area contributed by atoms with E-state index in [1.807, 2.05) is 0 Å². The fourth-order valence-corrected chi connectivity index (χ4v) is 2.32. The van der Waals surface area contributed by atoms with Gasteiger partial charge in [-0.25, -0.2) is 0 Å². The van der Waals surface area contributed by atoms with Gasteiger partial charge in [0, 0.05) is 18.7 Å². The topological polar surface area (TPSA) is 78.9 Å². The summed E-state index contributed by atoms with van der Waals surface area (Å²) in [5, 5.41) is 12.1. The Labute approximate surface area is 110 Å². The Bertz CT molecular complexity index is 543. The van der Waals surface area contributed by atoms with Crippen molar-refractivity contribution in [2.75, 3.05) is 25.0 Å². The SMILES string of the molecule is O=C1COc2cc(C(=O)N3CCC(O)C3)ccc2N1. The summed E-state index contributed by atoms with van der Waals surface area (Å²) >= 11 is 0. The average molecular weight is 262 g/mol. The molecule has 2 heterocycles. The normalized spacial score (nSPS) is 21.6. The van der Waals surface area contributed by atoms with Crippen LogP contribution in [0.5, 0.6) is 5.75 Å². The van der Waals surface area contributed by atoms with Crippen molar-refractivity contribution in [1.29, 1.82) is 0 Å². The molecule has 6 nitrogen and oxygen atoms in total. The number of hydrogen-bond acceptors (Lipinski definition) is 4. The number of carbonyl (C=O) groups excluding carboxylic acids is 2. The number of β-amino-alcohol motifs (C(OH)–C–C–N with tert-alkyl or cyclic N) is 1. The van der Waals surface area contributed by atoms with Gasteiger partial charge in [-0.2, -0.15) is 0 Å². The quantitative estimate of drug-likeness (QED) is 0.759. The Morgan fingerprint density at radius 3 is 3.05 bits per heavy atom. The van der Waals surface area contributed by atoms with Gasteiger partial charge in [0.05, 0.1) is 11.8 Å². The van der Waals surface area contributed by atoms with Crippen LogP contribution in [0.4, 0.5) is 5.69 Å². The molecule has 1 unspecified atom stereocenters. The molecule has 1 fully saturated rings. The van der Waals surface area contributed by atoms with Crippen molar-refractivity contribution >= 4 is 17.5 Å². The second kappa shape index (κ2) is 4.55. The predicted molar refractivity (Wildman–Crippen MR) is 67.1 cm³/mol. The van der Waals surface area contributed by atoms with Gasteiger partial charge in [0.15, 0.2) is 6.61 Å². The molecule has 0 saturated carbocycles. The number of hydrogen-bond donors (Lipinski definition) is 2. The first-order chi connectivity index (χ1) is 9.13. The molecule has 0 spiro atoms. The van der Waals surface area contributed by atoms with Crippen molar-refractivity contribution in [3.8, 4) is 5.75 Å². The molecule has 0 aliphatic carbocycles. The van der Waals surface area contributed by atoms with Crippen LogP contribution in [-0.2, 0) is 4.79 Å². The number of fused-ring (bicyclic) bond motifs is 1. The Morgan fingerprint density at radius 2 is 2.32 bits per heavy atom. The van der Waals surface area contributed by atoms with Gasteiger partial charge in [-0.3, -0.25) is 9.59 Å². The van der Waals surface area contributed by atoms with E-state index < -0.39 is 6.10 Å². The second-order valence-corrected chi connectivity index (χ2v) is 4.74. The number of amides is 2. The van der Waals surface area contributed by atoms with E-state index in [1.165, 1.54) is 0 Å². The zero-order chi connectivity index (χ0) is 13.4. The lowest BCUT2D eigenvalue weighted by Crippen LogP contribution is -2.30. The molecule has 6 heteroatoms. The number of anilines is 1. The maximum Gasteiger partial charge on any atom is 0.262 e. The van der Waals surface area contributed by atoms with Gasteiger partial charge < -0.3 is 20.1 Å². The van der Waals surface area contributed by atoms with Gasteiger partial charge in [-0.15, -0.1) is 0 Å². The number of benzene rings is 1. The predicted octanol–water partition coefficient (Wildman–Crippen LogP) is 0.224. The Balaban J connectivity index is 1.82. The lowest BCUT2D eigenvalue weighted by molar-refractivity contribution is -0.118. The number of rotatable bonds is 1. The monoisotopic (exact) mass is 262 g/mol. The molecule has 19 heavy (non-hydrogen) atoms. The number of nitrogens with zero attached hydrogens (tertiary/aromatic N) is 1. The summed E-state index contributed by atoms with van der Waals surface area (Å²) in [7, 11) is 0. The highest BCUT2D eigenvalue weighted by Gasteiger charge is 2.26. The molecule has 2 aliphatic rings. The van der Waals surface area contributed by atoms with Crippen molar-refractivity contribution in [2.24, 2.45) is 0 Å². The van der Waals surface area contributed by atoms with Crippen LogP contribution in [0.25, 0.3) is 0 Å². The largest absolute Gasteiger partial charge is 0.482 e. The molecule has 0 aromatic heterocycles. The molecule has 1 atom stereocenters. The third kappa shape index (κ3) is 2.26. The maximum atomic E-state index is 12.2. The number of ether oxygens (including phenoxy) is 1. The zero-order valence-electron chi connectivity index (χ0n) is 10.3.